The van der Waals surface area contributed by atoms with Gasteiger partial charge in [0, 0.05) is 26.6 Å². The van der Waals surface area contributed by atoms with Crippen LogP contribution in [0.5, 0.6) is 0 Å². The number of carbonyl (C=O) groups excluding carboxylic acids is 2. The van der Waals surface area contributed by atoms with Crippen LogP contribution in [0, 0.1) is 5.82 Å². The predicted molar refractivity (Wildman–Crippen MR) is 110 cm³/mol. The average Bonchev–Trinajstić information content (AvgIpc) is 2.79. The van der Waals surface area contributed by atoms with Crippen molar-refractivity contribution in [2.45, 2.75) is 38.3 Å². The van der Waals surface area contributed by atoms with Crippen molar-refractivity contribution in [3.63, 3.8) is 0 Å². The summed E-state index contributed by atoms with van der Waals surface area (Å²) in [4.78, 5) is 48.7. The van der Waals surface area contributed by atoms with Gasteiger partial charge >= 0.3 is 0 Å². The molecule has 31 heavy (non-hydrogen) atoms. The Morgan fingerprint density at radius 2 is 2.06 bits per heavy atom. The number of aromatic nitrogens is 2. The maximum atomic E-state index is 14.2. The molecule has 0 radical (unpaired) electrons. The largest absolute Gasteiger partial charge is 0.375 e. The lowest BCUT2D eigenvalue weighted by atomic mass is 9.99. The van der Waals surface area contributed by atoms with Crippen LogP contribution in [0.1, 0.15) is 52.7 Å². The fraction of sp³-hybridized carbons (Fsp3) is 0.455. The number of benzene rings is 1. The Labute approximate surface area is 179 Å². The highest BCUT2D eigenvalue weighted by atomic mass is 19.1. The third-order valence-electron chi connectivity index (χ3n) is 5.89. The quantitative estimate of drug-likeness (QED) is 0.801. The van der Waals surface area contributed by atoms with Crippen LogP contribution in [0.4, 0.5) is 4.39 Å². The van der Waals surface area contributed by atoms with Crippen molar-refractivity contribution >= 4 is 11.8 Å². The van der Waals surface area contributed by atoms with Gasteiger partial charge < -0.3 is 19.5 Å². The van der Waals surface area contributed by atoms with Crippen LogP contribution in [0.15, 0.2) is 29.1 Å². The number of halogens is 1. The van der Waals surface area contributed by atoms with Gasteiger partial charge in [-0.3, -0.25) is 14.4 Å². The van der Waals surface area contributed by atoms with E-state index in [1.807, 2.05) is 0 Å². The van der Waals surface area contributed by atoms with E-state index in [1.165, 1.54) is 19.2 Å². The molecule has 2 aromatic rings. The van der Waals surface area contributed by atoms with Gasteiger partial charge in [-0.05, 0) is 31.4 Å². The van der Waals surface area contributed by atoms with Gasteiger partial charge in [-0.15, -0.1) is 0 Å². The van der Waals surface area contributed by atoms with Crippen LogP contribution in [0.3, 0.4) is 0 Å². The Kier molecular flexibility index (Phi) is 6.13. The normalized spacial score (nSPS) is 18.6. The molecule has 2 amide bonds. The summed E-state index contributed by atoms with van der Waals surface area (Å²) < 4.78 is 19.1. The highest BCUT2D eigenvalue weighted by molar-refractivity contribution is 5.94. The molecule has 2 aliphatic rings. The fourth-order valence-electron chi connectivity index (χ4n) is 4.28. The molecule has 1 atom stereocenters. The molecule has 1 aromatic carbocycles. The van der Waals surface area contributed by atoms with Crippen LogP contribution in [-0.2, 0) is 22.5 Å². The lowest BCUT2D eigenvalue weighted by molar-refractivity contribution is -0.136. The van der Waals surface area contributed by atoms with E-state index in [2.05, 4.69) is 9.97 Å². The summed E-state index contributed by atoms with van der Waals surface area (Å²) >= 11 is 0. The Morgan fingerprint density at radius 1 is 1.26 bits per heavy atom. The van der Waals surface area contributed by atoms with Crippen molar-refractivity contribution in [2.75, 3.05) is 26.8 Å². The van der Waals surface area contributed by atoms with Gasteiger partial charge in [0.1, 0.15) is 18.2 Å². The molecule has 164 valence electrons. The topological polar surface area (TPSA) is 95.6 Å². The van der Waals surface area contributed by atoms with Crippen molar-refractivity contribution in [2.24, 2.45) is 0 Å². The number of fused-ring (bicyclic) bond motifs is 1. The first-order valence-corrected chi connectivity index (χ1v) is 10.4. The molecular weight excluding hydrogens is 403 g/mol. The summed E-state index contributed by atoms with van der Waals surface area (Å²) in [5, 5.41) is 0. The number of likely N-dealkylation sites (tertiary alicyclic amines) is 1. The van der Waals surface area contributed by atoms with E-state index < -0.39 is 17.8 Å². The van der Waals surface area contributed by atoms with E-state index in [4.69, 9.17) is 4.74 Å². The number of aromatic amines is 1. The number of piperidine rings is 1. The number of hydrogen-bond donors (Lipinski definition) is 1. The van der Waals surface area contributed by atoms with Crippen molar-refractivity contribution < 1.29 is 18.7 Å². The maximum Gasteiger partial charge on any atom is 0.257 e. The molecule has 0 bridgehead atoms. The minimum Gasteiger partial charge on any atom is -0.375 e. The molecule has 1 fully saturated rings. The second-order valence-electron chi connectivity index (χ2n) is 7.86. The van der Waals surface area contributed by atoms with E-state index in [1.54, 1.807) is 21.9 Å². The second kappa shape index (κ2) is 8.97. The molecule has 1 saturated heterocycles. The van der Waals surface area contributed by atoms with Crippen molar-refractivity contribution in [3.8, 4) is 0 Å². The smallest absolute Gasteiger partial charge is 0.257 e. The first-order chi connectivity index (χ1) is 15.0. The Balaban J connectivity index is 1.62. The molecule has 1 N–H and O–H groups in total. The van der Waals surface area contributed by atoms with Crippen LogP contribution >= 0.6 is 0 Å². The van der Waals surface area contributed by atoms with Crippen molar-refractivity contribution in [1.82, 2.24) is 19.8 Å². The first-order valence-electron chi connectivity index (χ1n) is 10.4. The van der Waals surface area contributed by atoms with E-state index in [0.29, 0.717) is 43.0 Å². The summed E-state index contributed by atoms with van der Waals surface area (Å²) in [5.74, 6) is -0.723. The van der Waals surface area contributed by atoms with Gasteiger partial charge in [0.05, 0.1) is 29.4 Å². The molecule has 4 rings (SSSR count). The first kappa shape index (κ1) is 21.2. The van der Waals surface area contributed by atoms with Gasteiger partial charge in [0.25, 0.3) is 11.5 Å². The van der Waals surface area contributed by atoms with Gasteiger partial charge in [-0.1, -0.05) is 12.1 Å². The van der Waals surface area contributed by atoms with Crippen LogP contribution in [-0.4, -0.2) is 58.4 Å². The van der Waals surface area contributed by atoms with Crippen LogP contribution < -0.4 is 5.56 Å². The molecule has 1 aromatic heterocycles. The number of ether oxygens (including phenoxy) is 1. The van der Waals surface area contributed by atoms with E-state index in [-0.39, 0.29) is 30.2 Å². The summed E-state index contributed by atoms with van der Waals surface area (Å²) in [5.41, 5.74) is 0.812. The SMILES string of the molecule is COCC(=O)N1CCc2nc(C3CCCCN3C(=O)c3ccccc3F)[nH]c(=O)c2C1. The maximum absolute atomic E-state index is 14.2. The fourth-order valence-corrected chi connectivity index (χ4v) is 4.28. The molecule has 0 saturated carbocycles. The van der Waals surface area contributed by atoms with Crippen LogP contribution in [0.25, 0.3) is 0 Å². The van der Waals surface area contributed by atoms with Gasteiger partial charge in [-0.2, -0.15) is 0 Å². The van der Waals surface area contributed by atoms with Gasteiger partial charge in [-0.25, -0.2) is 9.37 Å². The third-order valence-corrected chi connectivity index (χ3v) is 5.89. The molecule has 9 heteroatoms. The summed E-state index contributed by atoms with van der Waals surface area (Å²) in [6.07, 6.45) is 2.78. The molecular formula is C22H25FN4O4. The Bertz CT molecular complexity index is 1050. The highest BCUT2D eigenvalue weighted by Crippen LogP contribution is 2.31. The second-order valence-corrected chi connectivity index (χ2v) is 7.86. The highest BCUT2D eigenvalue weighted by Gasteiger charge is 2.33. The van der Waals surface area contributed by atoms with E-state index in [0.717, 1.165) is 12.8 Å². The molecule has 2 aliphatic heterocycles. The number of amides is 2. The third kappa shape index (κ3) is 4.23. The zero-order valence-corrected chi connectivity index (χ0v) is 17.4. The lowest BCUT2D eigenvalue weighted by Crippen LogP contribution is -2.43. The minimum atomic E-state index is -0.565. The van der Waals surface area contributed by atoms with E-state index in [9.17, 15) is 18.8 Å². The molecule has 8 nitrogen and oxygen atoms in total. The number of methoxy groups -OCH3 is 1. The average molecular weight is 428 g/mol. The predicted octanol–water partition coefficient (Wildman–Crippen LogP) is 1.81. The Morgan fingerprint density at radius 3 is 2.84 bits per heavy atom. The number of nitrogens with one attached hydrogen (secondary N) is 1. The van der Waals surface area contributed by atoms with Crippen molar-refractivity contribution in [1.29, 1.82) is 0 Å². The van der Waals surface area contributed by atoms with E-state index >= 15 is 0 Å². The summed E-state index contributed by atoms with van der Waals surface area (Å²) in [6, 6.07) is 5.49. The number of hydrogen-bond acceptors (Lipinski definition) is 5. The van der Waals surface area contributed by atoms with Gasteiger partial charge in [0.2, 0.25) is 5.91 Å². The Hall–Kier alpha value is -3.07. The number of nitrogens with zero attached hydrogens (tertiary/aromatic N) is 3. The monoisotopic (exact) mass is 428 g/mol. The molecule has 0 spiro atoms. The molecule has 0 aliphatic carbocycles. The molecule has 1 unspecified atom stereocenters. The zero-order valence-electron chi connectivity index (χ0n) is 17.4. The lowest BCUT2D eigenvalue weighted by Gasteiger charge is -2.36. The summed E-state index contributed by atoms with van der Waals surface area (Å²) in [6.45, 7) is 1.07. The number of rotatable bonds is 4. The van der Waals surface area contributed by atoms with Crippen molar-refractivity contribution in [3.05, 3.63) is 63.1 Å². The van der Waals surface area contributed by atoms with Gasteiger partial charge in [0.15, 0.2) is 0 Å². The minimum absolute atomic E-state index is 0.0157. The standard InChI is InChI=1S/C22H25FN4O4/c1-31-13-19(28)26-11-9-17-15(12-26)21(29)25-20(24-17)18-8-4-5-10-27(18)22(30)14-6-2-3-7-16(14)23/h2-3,6-7,18H,4-5,8-13H2,1H3,(H,24,25,29). The van der Waals surface area contributed by atoms with Crippen LogP contribution in [0.2, 0.25) is 0 Å². The molecule has 3 heterocycles. The summed E-state index contributed by atoms with van der Waals surface area (Å²) in [7, 11) is 1.45. The zero-order chi connectivity index (χ0) is 22.0. The number of carbonyl (C=O) groups is 2. The number of H-pyrrole nitrogens is 1.